The van der Waals surface area contributed by atoms with Gasteiger partial charge in [0.25, 0.3) is 0 Å². The molecule has 5 nitrogen and oxygen atoms in total. The first kappa shape index (κ1) is 12.1. The second kappa shape index (κ2) is 4.12. The molecule has 90 valence electrons. The molecule has 1 aliphatic rings. The van der Waals surface area contributed by atoms with E-state index in [1.807, 2.05) is 0 Å². The number of carboxylic acids is 1. The molecule has 0 saturated heterocycles. The maximum Gasteiger partial charge on any atom is 0.337 e. The van der Waals surface area contributed by atoms with Crippen molar-refractivity contribution in [1.82, 2.24) is 0 Å². The zero-order valence-corrected chi connectivity index (χ0v) is 10.5. The number of nitrogens with one attached hydrogen (secondary N) is 1. The minimum atomic E-state index is -1.09. The average Bonchev–Trinajstić information content (AvgIpc) is 3.00. The molecule has 4 N–H and O–H groups in total. The predicted molar refractivity (Wildman–Crippen MR) is 65.9 cm³/mol. The molecule has 17 heavy (non-hydrogen) atoms. The van der Waals surface area contributed by atoms with Crippen LogP contribution >= 0.6 is 15.9 Å². The topological polar surface area (TPSA) is 92.4 Å². The first-order chi connectivity index (χ1) is 7.92. The first-order valence-corrected chi connectivity index (χ1v) is 5.85. The number of nitrogens with two attached hydrogens (primary N) is 1. The van der Waals surface area contributed by atoms with Crippen molar-refractivity contribution < 1.29 is 14.7 Å². The maximum absolute atomic E-state index is 11.7. The molecule has 1 aliphatic carbocycles. The van der Waals surface area contributed by atoms with E-state index >= 15 is 0 Å². The van der Waals surface area contributed by atoms with Gasteiger partial charge in [0.05, 0.1) is 16.8 Å². The van der Waals surface area contributed by atoms with Crippen LogP contribution in [0.5, 0.6) is 0 Å². The van der Waals surface area contributed by atoms with Gasteiger partial charge in [0.2, 0.25) is 5.91 Å². The number of carbonyl (C=O) groups is 2. The molecule has 2 rings (SSSR count). The van der Waals surface area contributed by atoms with Crippen LogP contribution in [0.1, 0.15) is 23.2 Å². The molecule has 1 aromatic carbocycles. The van der Waals surface area contributed by atoms with Gasteiger partial charge in [-0.15, -0.1) is 0 Å². The molecule has 1 fully saturated rings. The summed E-state index contributed by atoms with van der Waals surface area (Å²) in [4.78, 5) is 22.7. The van der Waals surface area contributed by atoms with Crippen LogP contribution in [-0.4, -0.2) is 22.5 Å². The first-order valence-electron chi connectivity index (χ1n) is 5.05. The van der Waals surface area contributed by atoms with Gasteiger partial charge in [0, 0.05) is 4.47 Å². The molecule has 0 atom stereocenters. The number of anilines is 1. The van der Waals surface area contributed by atoms with Crippen molar-refractivity contribution in [3.63, 3.8) is 0 Å². The van der Waals surface area contributed by atoms with Gasteiger partial charge in [0.15, 0.2) is 0 Å². The standard InChI is InChI=1S/C11H11BrN2O3/c12-6-1-2-8(7(5-6)9(15)16)14-10(17)11(13)3-4-11/h1-2,5H,3-4,13H2,(H,14,17)(H,15,16). The molecule has 6 heteroatoms. The lowest BCUT2D eigenvalue weighted by Gasteiger charge is -2.12. The fourth-order valence-electron chi connectivity index (χ4n) is 1.41. The van der Waals surface area contributed by atoms with Gasteiger partial charge in [-0.3, -0.25) is 4.79 Å². The third-order valence-electron chi connectivity index (χ3n) is 2.70. The molecule has 1 amide bonds. The molecule has 0 aliphatic heterocycles. The van der Waals surface area contributed by atoms with Crippen LogP contribution in [0.2, 0.25) is 0 Å². The third kappa shape index (κ3) is 2.48. The number of amides is 1. The summed E-state index contributed by atoms with van der Waals surface area (Å²) in [5.41, 5.74) is 5.21. The van der Waals surface area contributed by atoms with E-state index in [-0.39, 0.29) is 17.2 Å². The fraction of sp³-hybridized carbons (Fsp3) is 0.273. The van der Waals surface area contributed by atoms with E-state index < -0.39 is 11.5 Å². The molecule has 1 aromatic rings. The van der Waals surface area contributed by atoms with E-state index in [9.17, 15) is 9.59 Å². The van der Waals surface area contributed by atoms with E-state index in [2.05, 4.69) is 21.2 Å². The Balaban J connectivity index is 2.26. The zero-order chi connectivity index (χ0) is 12.6. The third-order valence-corrected chi connectivity index (χ3v) is 3.19. The van der Waals surface area contributed by atoms with Crippen molar-refractivity contribution in [2.75, 3.05) is 5.32 Å². The van der Waals surface area contributed by atoms with Crippen LogP contribution in [0.4, 0.5) is 5.69 Å². The number of carbonyl (C=O) groups excluding carboxylic acids is 1. The van der Waals surface area contributed by atoms with E-state index in [1.165, 1.54) is 12.1 Å². The van der Waals surface area contributed by atoms with Crippen LogP contribution in [0.25, 0.3) is 0 Å². The minimum Gasteiger partial charge on any atom is -0.478 e. The summed E-state index contributed by atoms with van der Waals surface area (Å²) in [5, 5.41) is 11.6. The monoisotopic (exact) mass is 298 g/mol. The molecule has 1 saturated carbocycles. The molecular formula is C11H11BrN2O3. The van der Waals surface area contributed by atoms with Crippen molar-refractivity contribution >= 4 is 33.5 Å². The highest BCUT2D eigenvalue weighted by Gasteiger charge is 2.46. The van der Waals surface area contributed by atoms with Gasteiger partial charge in [-0.25, -0.2) is 4.79 Å². The lowest BCUT2D eigenvalue weighted by Crippen LogP contribution is -2.38. The molecular weight excluding hydrogens is 288 g/mol. The molecule has 0 unspecified atom stereocenters. The number of rotatable bonds is 3. The molecule has 0 radical (unpaired) electrons. The summed E-state index contributed by atoms with van der Waals surface area (Å²) in [7, 11) is 0. The fourth-order valence-corrected chi connectivity index (χ4v) is 1.77. The van der Waals surface area contributed by atoms with Gasteiger partial charge in [-0.05, 0) is 31.0 Å². The van der Waals surface area contributed by atoms with Crippen molar-refractivity contribution in [1.29, 1.82) is 0 Å². The van der Waals surface area contributed by atoms with Gasteiger partial charge in [-0.1, -0.05) is 15.9 Å². The number of hydrogen-bond donors (Lipinski definition) is 3. The second-order valence-electron chi connectivity index (χ2n) is 4.11. The average molecular weight is 299 g/mol. The maximum atomic E-state index is 11.7. The van der Waals surface area contributed by atoms with Crippen LogP contribution in [0.15, 0.2) is 22.7 Å². The Morgan fingerprint density at radius 2 is 2.06 bits per heavy atom. The van der Waals surface area contributed by atoms with Crippen LogP contribution in [0, 0.1) is 0 Å². The number of benzene rings is 1. The Morgan fingerprint density at radius 3 is 2.59 bits per heavy atom. The molecule has 0 aromatic heterocycles. The second-order valence-corrected chi connectivity index (χ2v) is 5.02. The largest absolute Gasteiger partial charge is 0.478 e. The Labute approximate surface area is 106 Å². The van der Waals surface area contributed by atoms with Crippen molar-refractivity contribution in [2.45, 2.75) is 18.4 Å². The lowest BCUT2D eigenvalue weighted by molar-refractivity contribution is -0.118. The SMILES string of the molecule is NC1(C(=O)Nc2ccc(Br)cc2C(=O)O)CC1. The van der Waals surface area contributed by atoms with Gasteiger partial charge >= 0.3 is 5.97 Å². The summed E-state index contributed by atoms with van der Waals surface area (Å²) in [6.45, 7) is 0. The number of aromatic carboxylic acids is 1. The highest BCUT2D eigenvalue weighted by atomic mass is 79.9. The lowest BCUT2D eigenvalue weighted by atomic mass is 10.1. The summed E-state index contributed by atoms with van der Waals surface area (Å²) < 4.78 is 0.641. The van der Waals surface area contributed by atoms with Gasteiger partial charge in [-0.2, -0.15) is 0 Å². The normalized spacial score (nSPS) is 16.4. The number of carboxylic acid groups (broad SMARTS) is 1. The Kier molecular flexibility index (Phi) is 2.92. The Bertz CT molecular complexity index is 497. The summed E-state index contributed by atoms with van der Waals surface area (Å²) in [6.07, 6.45) is 1.27. The van der Waals surface area contributed by atoms with Gasteiger partial charge in [0.1, 0.15) is 0 Å². The van der Waals surface area contributed by atoms with E-state index in [0.717, 1.165) is 0 Å². The summed E-state index contributed by atoms with van der Waals surface area (Å²) in [5.74, 6) is -1.43. The summed E-state index contributed by atoms with van der Waals surface area (Å²) in [6, 6.07) is 4.64. The molecule has 0 bridgehead atoms. The van der Waals surface area contributed by atoms with E-state index in [1.54, 1.807) is 6.07 Å². The number of hydrogen-bond acceptors (Lipinski definition) is 3. The highest BCUT2D eigenvalue weighted by Crippen LogP contribution is 2.34. The minimum absolute atomic E-state index is 0.0389. The van der Waals surface area contributed by atoms with Crippen LogP contribution in [0.3, 0.4) is 0 Å². The van der Waals surface area contributed by atoms with Gasteiger partial charge < -0.3 is 16.2 Å². The van der Waals surface area contributed by atoms with Crippen LogP contribution in [-0.2, 0) is 4.79 Å². The van der Waals surface area contributed by atoms with Crippen molar-refractivity contribution in [2.24, 2.45) is 5.73 Å². The van der Waals surface area contributed by atoms with E-state index in [0.29, 0.717) is 17.3 Å². The quantitative estimate of drug-likeness (QED) is 0.790. The smallest absolute Gasteiger partial charge is 0.337 e. The number of halogens is 1. The van der Waals surface area contributed by atoms with Crippen molar-refractivity contribution in [3.8, 4) is 0 Å². The molecule has 0 heterocycles. The van der Waals surface area contributed by atoms with Crippen molar-refractivity contribution in [3.05, 3.63) is 28.2 Å². The molecule has 0 spiro atoms. The Morgan fingerprint density at radius 1 is 1.41 bits per heavy atom. The Hall–Kier alpha value is -1.40. The highest BCUT2D eigenvalue weighted by molar-refractivity contribution is 9.10. The van der Waals surface area contributed by atoms with Crippen LogP contribution < -0.4 is 11.1 Å². The predicted octanol–water partition coefficient (Wildman–Crippen LogP) is 1.58. The van der Waals surface area contributed by atoms with E-state index in [4.69, 9.17) is 10.8 Å². The zero-order valence-electron chi connectivity index (χ0n) is 8.87. The summed E-state index contributed by atoms with van der Waals surface area (Å²) >= 11 is 3.18.